The van der Waals surface area contributed by atoms with Gasteiger partial charge >= 0.3 is 5.97 Å². The molecule has 4 nitrogen and oxygen atoms in total. The Morgan fingerprint density at radius 2 is 2.00 bits per heavy atom. The molecule has 2 rings (SSSR count). The Bertz CT molecular complexity index is 423. The van der Waals surface area contributed by atoms with Crippen LogP contribution in [0.4, 0.5) is 5.13 Å². The third-order valence-corrected chi connectivity index (χ3v) is 4.60. The van der Waals surface area contributed by atoms with E-state index in [0.29, 0.717) is 0 Å². The summed E-state index contributed by atoms with van der Waals surface area (Å²) in [6.07, 6.45) is 7.04. The second-order valence-electron chi connectivity index (χ2n) is 5.09. The van der Waals surface area contributed by atoms with Crippen LogP contribution in [0.15, 0.2) is 0 Å². The molecule has 1 aromatic rings. The van der Waals surface area contributed by atoms with Crippen LogP contribution in [0, 0.1) is 0 Å². The number of thiazole rings is 1. The molecule has 5 heteroatoms. The normalized spacial score (nSPS) is 16.4. The van der Waals surface area contributed by atoms with Crippen LogP contribution in [0.1, 0.15) is 49.6 Å². The van der Waals surface area contributed by atoms with Crippen LogP contribution in [0.2, 0.25) is 0 Å². The van der Waals surface area contributed by atoms with Crippen molar-refractivity contribution >= 4 is 22.4 Å². The third-order valence-electron chi connectivity index (χ3n) is 3.44. The van der Waals surface area contributed by atoms with E-state index in [-0.39, 0.29) is 6.42 Å². The number of aliphatic carboxylic acids is 1. The first kappa shape index (κ1) is 14.3. The summed E-state index contributed by atoms with van der Waals surface area (Å²) in [6.45, 7) is 4.23. The highest BCUT2D eigenvalue weighted by atomic mass is 32.1. The number of rotatable bonds is 5. The number of aryl methyl sites for hydroxylation is 1. The average Bonchev–Trinajstić information content (AvgIpc) is 2.61. The number of carbonyl (C=O) groups is 1. The van der Waals surface area contributed by atoms with Gasteiger partial charge in [-0.25, -0.2) is 4.98 Å². The summed E-state index contributed by atoms with van der Waals surface area (Å²) < 4.78 is 0. The van der Waals surface area contributed by atoms with Gasteiger partial charge in [-0.3, -0.25) is 4.79 Å². The first-order valence-corrected chi connectivity index (χ1v) is 7.97. The zero-order valence-electron chi connectivity index (χ0n) is 11.5. The maximum Gasteiger partial charge on any atom is 0.308 e. The van der Waals surface area contributed by atoms with E-state index >= 15 is 0 Å². The molecular weight excluding hydrogens is 260 g/mol. The first-order valence-electron chi connectivity index (χ1n) is 7.16. The monoisotopic (exact) mass is 282 g/mol. The Kier molecular flexibility index (Phi) is 5.19. The number of hydrogen-bond acceptors (Lipinski definition) is 4. The van der Waals surface area contributed by atoms with Crippen molar-refractivity contribution in [1.29, 1.82) is 0 Å². The minimum Gasteiger partial charge on any atom is -0.481 e. The predicted molar refractivity (Wildman–Crippen MR) is 78.1 cm³/mol. The number of carboxylic acids is 1. The van der Waals surface area contributed by atoms with Crippen molar-refractivity contribution in [2.24, 2.45) is 0 Å². The summed E-state index contributed by atoms with van der Waals surface area (Å²) in [5.74, 6) is -0.761. The Balaban J connectivity index is 2.17. The zero-order chi connectivity index (χ0) is 13.7. The third kappa shape index (κ3) is 3.93. The molecule has 1 aromatic heterocycles. The maximum atomic E-state index is 10.9. The van der Waals surface area contributed by atoms with Crippen molar-refractivity contribution in [3.63, 3.8) is 0 Å². The van der Waals surface area contributed by atoms with Gasteiger partial charge in [-0.2, -0.15) is 0 Å². The molecule has 1 aliphatic rings. The highest BCUT2D eigenvalue weighted by Gasteiger charge is 2.18. The van der Waals surface area contributed by atoms with Crippen LogP contribution < -0.4 is 4.90 Å². The van der Waals surface area contributed by atoms with Gasteiger partial charge in [-0.15, -0.1) is 11.3 Å². The van der Waals surface area contributed by atoms with Crippen molar-refractivity contribution < 1.29 is 9.90 Å². The number of carboxylic acid groups (broad SMARTS) is 1. The lowest BCUT2D eigenvalue weighted by Gasteiger charge is -2.18. The van der Waals surface area contributed by atoms with Gasteiger partial charge in [-0.1, -0.05) is 26.2 Å². The summed E-state index contributed by atoms with van der Waals surface area (Å²) in [5, 5.41) is 10.0. The fraction of sp³-hybridized carbons (Fsp3) is 0.714. The SMILES string of the molecule is CCCc1nc(N2CCCCCC2)sc1CC(=O)O. The topological polar surface area (TPSA) is 53.4 Å². The van der Waals surface area contributed by atoms with E-state index in [0.717, 1.165) is 41.6 Å². The second kappa shape index (κ2) is 6.89. The van der Waals surface area contributed by atoms with E-state index in [2.05, 4.69) is 11.8 Å². The Morgan fingerprint density at radius 3 is 2.58 bits per heavy atom. The molecule has 106 valence electrons. The lowest BCUT2D eigenvalue weighted by Crippen LogP contribution is -2.23. The van der Waals surface area contributed by atoms with Crippen LogP contribution in [-0.2, 0) is 17.6 Å². The molecular formula is C14H22N2O2S. The maximum absolute atomic E-state index is 10.9. The van der Waals surface area contributed by atoms with E-state index in [9.17, 15) is 4.79 Å². The van der Waals surface area contributed by atoms with Gasteiger partial charge in [0.1, 0.15) is 0 Å². The predicted octanol–water partition coefficient (Wildman–Crippen LogP) is 3.10. The average molecular weight is 282 g/mol. The Hall–Kier alpha value is -1.10. The first-order chi connectivity index (χ1) is 9.20. The van der Waals surface area contributed by atoms with Crippen LogP contribution in [-0.4, -0.2) is 29.1 Å². The van der Waals surface area contributed by atoms with Gasteiger partial charge in [0.25, 0.3) is 0 Å². The molecule has 0 atom stereocenters. The van der Waals surface area contributed by atoms with Crippen LogP contribution >= 0.6 is 11.3 Å². The smallest absolute Gasteiger partial charge is 0.308 e. The van der Waals surface area contributed by atoms with Gasteiger partial charge in [-0.05, 0) is 19.3 Å². The molecule has 0 amide bonds. The van der Waals surface area contributed by atoms with Crippen LogP contribution in [0.25, 0.3) is 0 Å². The minimum atomic E-state index is -0.761. The van der Waals surface area contributed by atoms with E-state index in [1.807, 2.05) is 0 Å². The summed E-state index contributed by atoms with van der Waals surface area (Å²) in [7, 11) is 0. The quantitative estimate of drug-likeness (QED) is 0.901. The van der Waals surface area contributed by atoms with Gasteiger partial charge < -0.3 is 10.0 Å². The fourth-order valence-corrected chi connectivity index (χ4v) is 3.62. The molecule has 1 aliphatic heterocycles. The number of aromatic nitrogens is 1. The standard InChI is InChI=1S/C14H22N2O2S/c1-2-7-11-12(10-13(17)18)19-14(15-11)16-8-5-3-4-6-9-16/h2-10H2,1H3,(H,17,18). The van der Waals surface area contributed by atoms with E-state index in [4.69, 9.17) is 10.1 Å². The molecule has 2 heterocycles. The molecule has 0 spiro atoms. The van der Waals surface area contributed by atoms with Gasteiger partial charge in [0.15, 0.2) is 5.13 Å². The number of nitrogens with zero attached hydrogens (tertiary/aromatic N) is 2. The molecule has 1 N–H and O–H groups in total. The second-order valence-corrected chi connectivity index (χ2v) is 6.15. The highest BCUT2D eigenvalue weighted by molar-refractivity contribution is 7.15. The fourth-order valence-electron chi connectivity index (χ4n) is 2.47. The molecule has 0 bridgehead atoms. The van der Waals surface area contributed by atoms with E-state index < -0.39 is 5.97 Å². The minimum absolute atomic E-state index is 0.112. The lowest BCUT2D eigenvalue weighted by atomic mass is 10.2. The Morgan fingerprint density at radius 1 is 1.32 bits per heavy atom. The molecule has 0 unspecified atom stereocenters. The van der Waals surface area contributed by atoms with Crippen molar-refractivity contribution in [1.82, 2.24) is 4.98 Å². The Labute approximate surface area is 118 Å². The van der Waals surface area contributed by atoms with Gasteiger partial charge in [0.2, 0.25) is 0 Å². The van der Waals surface area contributed by atoms with Gasteiger partial charge in [0, 0.05) is 18.0 Å². The van der Waals surface area contributed by atoms with E-state index in [1.54, 1.807) is 11.3 Å². The molecule has 0 radical (unpaired) electrons. The zero-order valence-corrected chi connectivity index (χ0v) is 12.3. The molecule has 0 aliphatic carbocycles. The van der Waals surface area contributed by atoms with Crippen LogP contribution in [0.5, 0.6) is 0 Å². The van der Waals surface area contributed by atoms with Gasteiger partial charge in [0.05, 0.1) is 12.1 Å². The number of anilines is 1. The summed E-state index contributed by atoms with van der Waals surface area (Å²) in [5.41, 5.74) is 0.995. The van der Waals surface area contributed by atoms with Crippen LogP contribution in [0.3, 0.4) is 0 Å². The largest absolute Gasteiger partial charge is 0.481 e. The molecule has 1 fully saturated rings. The van der Waals surface area contributed by atoms with Crippen molar-refractivity contribution in [2.45, 2.75) is 51.9 Å². The molecule has 19 heavy (non-hydrogen) atoms. The number of hydrogen-bond donors (Lipinski definition) is 1. The highest BCUT2D eigenvalue weighted by Crippen LogP contribution is 2.29. The summed E-state index contributed by atoms with van der Waals surface area (Å²) >= 11 is 1.58. The van der Waals surface area contributed by atoms with E-state index in [1.165, 1.54) is 25.7 Å². The molecule has 0 aromatic carbocycles. The van der Waals surface area contributed by atoms with Crippen molar-refractivity contribution in [2.75, 3.05) is 18.0 Å². The lowest BCUT2D eigenvalue weighted by molar-refractivity contribution is -0.136. The summed E-state index contributed by atoms with van der Waals surface area (Å²) in [4.78, 5) is 18.9. The van der Waals surface area contributed by atoms with Crippen molar-refractivity contribution in [3.8, 4) is 0 Å². The molecule has 1 saturated heterocycles. The summed E-state index contributed by atoms with van der Waals surface area (Å²) in [6, 6.07) is 0. The molecule has 0 saturated carbocycles. The van der Waals surface area contributed by atoms with Crippen molar-refractivity contribution in [3.05, 3.63) is 10.6 Å².